The van der Waals surface area contributed by atoms with Crippen LogP contribution in [0, 0.1) is 17.5 Å². The summed E-state index contributed by atoms with van der Waals surface area (Å²) in [4.78, 5) is 11.8. The van der Waals surface area contributed by atoms with Gasteiger partial charge in [-0.15, -0.1) is 0 Å². The first-order valence-corrected chi connectivity index (χ1v) is 5.14. The molecule has 0 fully saturated rings. The molecule has 1 aromatic heterocycles. The Morgan fingerprint density at radius 3 is 2.58 bits per heavy atom. The molecule has 0 bridgehead atoms. The number of nitrogens with two attached hydrogens (primary N) is 1. The number of hydrogen-bond donors (Lipinski definition) is 2. The van der Waals surface area contributed by atoms with Gasteiger partial charge in [0.05, 0.1) is 17.6 Å². The molecule has 0 aliphatic rings. The zero-order valence-electron chi connectivity index (χ0n) is 9.75. The summed E-state index contributed by atoms with van der Waals surface area (Å²) in [6, 6.07) is 1.62. The minimum Gasteiger partial charge on any atom is -0.396 e. The molecule has 0 unspecified atom stereocenters. The summed E-state index contributed by atoms with van der Waals surface area (Å²) in [5.74, 6) is -5.25. The Hall–Kier alpha value is -2.51. The summed E-state index contributed by atoms with van der Waals surface area (Å²) in [6.07, 6.45) is 1.25. The van der Waals surface area contributed by atoms with E-state index >= 15 is 0 Å². The van der Waals surface area contributed by atoms with Crippen molar-refractivity contribution < 1.29 is 18.0 Å². The molecule has 8 heteroatoms. The number of amides is 1. The smallest absolute Gasteiger partial charge is 0.276 e. The van der Waals surface area contributed by atoms with E-state index in [4.69, 9.17) is 5.73 Å². The molecule has 1 heterocycles. The normalized spacial score (nSPS) is 10.5. The van der Waals surface area contributed by atoms with Gasteiger partial charge in [0.25, 0.3) is 5.91 Å². The van der Waals surface area contributed by atoms with Crippen molar-refractivity contribution in [3.05, 3.63) is 41.5 Å². The molecule has 1 amide bonds. The maximum Gasteiger partial charge on any atom is 0.276 e. The third kappa shape index (κ3) is 2.24. The van der Waals surface area contributed by atoms with Crippen LogP contribution in [0.3, 0.4) is 0 Å². The predicted octanol–water partition coefficient (Wildman–Crippen LogP) is 1.67. The maximum atomic E-state index is 13.4. The van der Waals surface area contributed by atoms with E-state index in [9.17, 15) is 18.0 Å². The molecule has 2 rings (SSSR count). The lowest BCUT2D eigenvalue weighted by molar-refractivity contribution is 0.101. The second-order valence-corrected chi connectivity index (χ2v) is 3.75. The molecule has 0 saturated carbocycles. The van der Waals surface area contributed by atoms with Crippen LogP contribution in [0.5, 0.6) is 0 Å². The molecule has 0 aliphatic carbocycles. The van der Waals surface area contributed by atoms with Crippen molar-refractivity contribution in [2.45, 2.75) is 0 Å². The topological polar surface area (TPSA) is 72.9 Å². The average Bonchev–Trinajstić information content (AvgIpc) is 2.70. The first kappa shape index (κ1) is 12.9. The SMILES string of the molecule is Cn1ncc(N)c1C(=O)Nc1ccc(F)c(F)c1F. The molecule has 100 valence electrons. The van der Waals surface area contributed by atoms with Crippen LogP contribution < -0.4 is 11.1 Å². The van der Waals surface area contributed by atoms with E-state index in [2.05, 4.69) is 10.4 Å². The van der Waals surface area contributed by atoms with Gasteiger partial charge in [-0.25, -0.2) is 13.2 Å². The van der Waals surface area contributed by atoms with Gasteiger partial charge in [-0.2, -0.15) is 5.10 Å². The molecule has 5 nitrogen and oxygen atoms in total. The van der Waals surface area contributed by atoms with Gasteiger partial charge in [-0.3, -0.25) is 9.48 Å². The van der Waals surface area contributed by atoms with Crippen LogP contribution in [0.15, 0.2) is 18.3 Å². The van der Waals surface area contributed by atoms with Crippen molar-refractivity contribution in [1.82, 2.24) is 9.78 Å². The van der Waals surface area contributed by atoms with Crippen molar-refractivity contribution in [2.24, 2.45) is 7.05 Å². The molecule has 1 aromatic carbocycles. The van der Waals surface area contributed by atoms with Crippen molar-refractivity contribution in [1.29, 1.82) is 0 Å². The number of rotatable bonds is 2. The number of hydrogen-bond acceptors (Lipinski definition) is 3. The number of halogens is 3. The van der Waals surface area contributed by atoms with E-state index in [1.165, 1.54) is 17.9 Å². The maximum absolute atomic E-state index is 13.4. The van der Waals surface area contributed by atoms with Gasteiger partial charge in [-0.1, -0.05) is 0 Å². The summed E-state index contributed by atoms with van der Waals surface area (Å²) in [7, 11) is 1.47. The number of nitrogen functional groups attached to an aromatic ring is 1. The molecule has 0 aliphatic heterocycles. The second-order valence-electron chi connectivity index (χ2n) is 3.75. The fourth-order valence-electron chi connectivity index (χ4n) is 1.54. The molecule has 3 N–H and O–H groups in total. The standard InChI is InChI=1S/C11H9F3N4O/c1-18-10(6(15)4-16-18)11(19)17-7-3-2-5(12)8(13)9(7)14/h2-4H,15H2,1H3,(H,17,19). The van der Waals surface area contributed by atoms with Crippen LogP contribution in [0.2, 0.25) is 0 Å². The van der Waals surface area contributed by atoms with Crippen LogP contribution in [-0.4, -0.2) is 15.7 Å². The lowest BCUT2D eigenvalue weighted by Crippen LogP contribution is -2.18. The first-order chi connectivity index (χ1) is 8.91. The van der Waals surface area contributed by atoms with E-state index in [1.807, 2.05) is 0 Å². The van der Waals surface area contributed by atoms with Gasteiger partial charge in [-0.05, 0) is 12.1 Å². The lowest BCUT2D eigenvalue weighted by atomic mass is 10.2. The number of aryl methyl sites for hydroxylation is 1. The molecule has 0 radical (unpaired) electrons. The summed E-state index contributed by atoms with van der Waals surface area (Å²) < 4.78 is 40.3. The molecular weight excluding hydrogens is 261 g/mol. The summed E-state index contributed by atoms with van der Waals surface area (Å²) >= 11 is 0. The largest absolute Gasteiger partial charge is 0.396 e. The lowest BCUT2D eigenvalue weighted by Gasteiger charge is -2.08. The highest BCUT2D eigenvalue weighted by Crippen LogP contribution is 2.21. The number of nitrogens with one attached hydrogen (secondary N) is 1. The monoisotopic (exact) mass is 270 g/mol. The first-order valence-electron chi connectivity index (χ1n) is 5.14. The molecule has 2 aromatic rings. The van der Waals surface area contributed by atoms with E-state index in [1.54, 1.807) is 0 Å². The number of anilines is 2. The van der Waals surface area contributed by atoms with Gasteiger partial charge < -0.3 is 11.1 Å². The molecular formula is C11H9F3N4O. The van der Waals surface area contributed by atoms with Crippen LogP contribution in [0.25, 0.3) is 0 Å². The molecule has 0 spiro atoms. The Morgan fingerprint density at radius 1 is 1.32 bits per heavy atom. The Morgan fingerprint density at radius 2 is 2.00 bits per heavy atom. The minimum absolute atomic E-state index is 0.0101. The van der Waals surface area contributed by atoms with Crippen molar-refractivity contribution in [2.75, 3.05) is 11.1 Å². The van der Waals surface area contributed by atoms with Crippen LogP contribution in [0.4, 0.5) is 24.5 Å². The van der Waals surface area contributed by atoms with Crippen LogP contribution in [-0.2, 0) is 7.05 Å². The zero-order chi connectivity index (χ0) is 14.2. The predicted molar refractivity (Wildman–Crippen MR) is 61.9 cm³/mol. The van der Waals surface area contributed by atoms with Gasteiger partial charge in [0.1, 0.15) is 5.69 Å². The van der Waals surface area contributed by atoms with Gasteiger partial charge in [0.15, 0.2) is 17.5 Å². The van der Waals surface area contributed by atoms with Crippen molar-refractivity contribution in [3.8, 4) is 0 Å². The fourth-order valence-corrected chi connectivity index (χ4v) is 1.54. The molecule has 0 atom stereocenters. The van der Waals surface area contributed by atoms with E-state index in [0.29, 0.717) is 6.07 Å². The third-order valence-electron chi connectivity index (χ3n) is 2.47. The number of aromatic nitrogens is 2. The van der Waals surface area contributed by atoms with Gasteiger partial charge in [0.2, 0.25) is 0 Å². The fraction of sp³-hybridized carbons (Fsp3) is 0.0909. The summed E-state index contributed by atoms with van der Waals surface area (Å²) in [5.41, 5.74) is 5.11. The highest BCUT2D eigenvalue weighted by molar-refractivity contribution is 6.06. The Bertz CT molecular complexity index is 634. The van der Waals surface area contributed by atoms with Crippen molar-refractivity contribution >= 4 is 17.3 Å². The number of benzene rings is 1. The number of nitrogens with zero attached hydrogens (tertiary/aromatic N) is 2. The number of carbonyl (C=O) groups excluding carboxylic acids is 1. The van der Waals surface area contributed by atoms with Gasteiger partial charge >= 0.3 is 0 Å². The second kappa shape index (κ2) is 4.63. The highest BCUT2D eigenvalue weighted by Gasteiger charge is 2.19. The van der Waals surface area contributed by atoms with E-state index in [-0.39, 0.29) is 11.4 Å². The minimum atomic E-state index is -1.66. The molecule has 19 heavy (non-hydrogen) atoms. The van der Waals surface area contributed by atoms with E-state index in [0.717, 1.165) is 6.07 Å². The Balaban J connectivity index is 2.32. The van der Waals surface area contributed by atoms with Gasteiger partial charge in [0, 0.05) is 7.05 Å². The Kier molecular flexibility index (Phi) is 3.16. The quantitative estimate of drug-likeness (QED) is 0.815. The molecule has 0 saturated heterocycles. The van der Waals surface area contributed by atoms with Crippen LogP contribution in [0.1, 0.15) is 10.5 Å². The Labute approximate surface area is 105 Å². The zero-order valence-corrected chi connectivity index (χ0v) is 9.75. The number of carbonyl (C=O) groups is 1. The highest BCUT2D eigenvalue weighted by atomic mass is 19.2. The van der Waals surface area contributed by atoms with E-state index < -0.39 is 29.0 Å². The van der Waals surface area contributed by atoms with Crippen LogP contribution >= 0.6 is 0 Å². The average molecular weight is 270 g/mol. The third-order valence-corrected chi connectivity index (χ3v) is 2.47. The summed E-state index contributed by atoms with van der Waals surface area (Å²) in [5, 5.41) is 5.84. The summed E-state index contributed by atoms with van der Waals surface area (Å²) in [6.45, 7) is 0. The van der Waals surface area contributed by atoms with Crippen molar-refractivity contribution in [3.63, 3.8) is 0 Å².